The first kappa shape index (κ1) is 15.5. The van der Waals surface area contributed by atoms with Crippen molar-refractivity contribution in [3.05, 3.63) is 0 Å². The van der Waals surface area contributed by atoms with Crippen molar-refractivity contribution >= 4 is 12.2 Å². The van der Waals surface area contributed by atoms with Crippen LogP contribution < -0.4 is 12.4 Å². The molecule has 0 aliphatic carbocycles. The van der Waals surface area contributed by atoms with Crippen LogP contribution >= 0.6 is 0 Å². The first-order chi connectivity index (χ1) is 5.96. The molecule has 14 heavy (non-hydrogen) atoms. The Morgan fingerprint density at radius 1 is 1.00 bits per heavy atom. The molecule has 0 aromatic rings. The average molecular weight is 220 g/mol. The SMILES string of the molecule is CC(N=C=O)[N+](C)(C)C(C)N=C=O.[Cl-]. The van der Waals surface area contributed by atoms with Gasteiger partial charge in [-0.2, -0.15) is 0 Å². The Balaban J connectivity index is 0. The van der Waals surface area contributed by atoms with Gasteiger partial charge in [-0.15, -0.1) is 9.98 Å². The zero-order valence-corrected chi connectivity index (χ0v) is 9.45. The fourth-order valence-electron chi connectivity index (χ4n) is 0.762. The quantitative estimate of drug-likeness (QED) is 0.297. The third-order valence-corrected chi connectivity index (χ3v) is 2.41. The molecule has 80 valence electrons. The van der Waals surface area contributed by atoms with Gasteiger partial charge in [0.25, 0.3) is 0 Å². The van der Waals surface area contributed by atoms with Crippen molar-refractivity contribution in [1.82, 2.24) is 0 Å². The van der Waals surface area contributed by atoms with Crippen LogP contribution in [0.3, 0.4) is 0 Å². The Bertz CT molecular complexity index is 242. The molecule has 0 radical (unpaired) electrons. The van der Waals surface area contributed by atoms with Crippen molar-refractivity contribution in [3.8, 4) is 0 Å². The Morgan fingerprint density at radius 3 is 1.50 bits per heavy atom. The van der Waals surface area contributed by atoms with Crippen molar-refractivity contribution in [2.24, 2.45) is 9.98 Å². The smallest absolute Gasteiger partial charge is 0.240 e. The summed E-state index contributed by atoms with van der Waals surface area (Å²) in [6.07, 6.45) is 2.43. The van der Waals surface area contributed by atoms with E-state index >= 15 is 0 Å². The first-order valence-electron chi connectivity index (χ1n) is 3.94. The van der Waals surface area contributed by atoms with Crippen LogP contribution in [0.1, 0.15) is 13.8 Å². The molecule has 0 fully saturated rings. The highest BCUT2D eigenvalue weighted by Gasteiger charge is 2.29. The summed E-state index contributed by atoms with van der Waals surface area (Å²) in [5, 5.41) is 0. The highest BCUT2D eigenvalue weighted by molar-refractivity contribution is 5.33. The van der Waals surface area contributed by atoms with Gasteiger partial charge in [-0.1, -0.05) is 0 Å². The molecule has 0 aliphatic rings. The molecule has 0 N–H and O–H groups in total. The molecule has 0 amide bonds. The summed E-state index contributed by atoms with van der Waals surface area (Å²) in [7, 11) is 3.66. The number of hydrogen-bond donors (Lipinski definition) is 0. The van der Waals surface area contributed by atoms with Gasteiger partial charge in [0.1, 0.15) is 0 Å². The number of halogens is 1. The Hall–Kier alpha value is -0.990. The van der Waals surface area contributed by atoms with Gasteiger partial charge in [0, 0.05) is 13.8 Å². The molecule has 5 nitrogen and oxygen atoms in total. The highest BCUT2D eigenvalue weighted by atomic mass is 35.5. The maximum absolute atomic E-state index is 10.0. The minimum absolute atomic E-state index is 0. The number of isocyanates is 2. The van der Waals surface area contributed by atoms with E-state index in [1.54, 1.807) is 13.8 Å². The van der Waals surface area contributed by atoms with E-state index in [1.807, 2.05) is 14.1 Å². The van der Waals surface area contributed by atoms with Crippen LogP contribution in [-0.2, 0) is 9.59 Å². The van der Waals surface area contributed by atoms with Gasteiger partial charge in [0.15, 0.2) is 12.3 Å². The van der Waals surface area contributed by atoms with Crippen molar-refractivity contribution in [1.29, 1.82) is 0 Å². The topological polar surface area (TPSA) is 58.9 Å². The second-order valence-corrected chi connectivity index (χ2v) is 3.33. The Morgan fingerprint density at radius 2 is 1.29 bits per heavy atom. The third-order valence-electron chi connectivity index (χ3n) is 2.41. The van der Waals surface area contributed by atoms with E-state index in [0.29, 0.717) is 4.48 Å². The fraction of sp³-hybridized carbons (Fsp3) is 0.750. The summed E-state index contributed by atoms with van der Waals surface area (Å²) in [6.45, 7) is 3.53. The number of aliphatic imine (C=N–C) groups is 2. The Labute approximate surface area is 89.5 Å². The standard InChI is InChI=1S/C8H14N3O2.ClH/c1-7(9-5-12)11(3,4)8(2)10-6-13;/h7-8H,1-4H3;1H/q+1;/p-1. The molecule has 0 saturated carbocycles. The third kappa shape index (κ3) is 3.81. The summed E-state index contributed by atoms with van der Waals surface area (Å²) >= 11 is 0. The maximum atomic E-state index is 10.0. The largest absolute Gasteiger partial charge is 1.00 e. The van der Waals surface area contributed by atoms with E-state index in [4.69, 9.17) is 0 Å². The summed E-state index contributed by atoms with van der Waals surface area (Å²) in [5.74, 6) is 0. The minimum atomic E-state index is -0.274. The number of hydrogen-bond acceptors (Lipinski definition) is 4. The molecule has 0 rings (SSSR count). The van der Waals surface area contributed by atoms with E-state index in [-0.39, 0.29) is 24.7 Å². The second-order valence-electron chi connectivity index (χ2n) is 3.33. The number of carbonyl (C=O) groups excluding carboxylic acids is 2. The van der Waals surface area contributed by atoms with Gasteiger partial charge in [0.2, 0.25) is 12.2 Å². The number of quaternary nitrogens is 1. The van der Waals surface area contributed by atoms with E-state index in [2.05, 4.69) is 9.98 Å². The fourth-order valence-corrected chi connectivity index (χ4v) is 0.762. The molecular weight excluding hydrogens is 206 g/mol. The predicted octanol–water partition coefficient (Wildman–Crippen LogP) is -2.57. The molecule has 2 unspecified atom stereocenters. The van der Waals surface area contributed by atoms with E-state index in [0.717, 1.165) is 0 Å². The highest BCUT2D eigenvalue weighted by Crippen LogP contribution is 2.13. The van der Waals surface area contributed by atoms with Crippen LogP contribution in [0.25, 0.3) is 0 Å². The molecule has 0 spiro atoms. The zero-order chi connectivity index (χ0) is 10.5. The van der Waals surface area contributed by atoms with Crippen molar-refractivity contribution in [3.63, 3.8) is 0 Å². The second kappa shape index (κ2) is 6.46. The van der Waals surface area contributed by atoms with Gasteiger partial charge in [-0.25, -0.2) is 9.59 Å². The van der Waals surface area contributed by atoms with E-state index in [1.165, 1.54) is 12.2 Å². The molecule has 0 aliphatic heterocycles. The van der Waals surface area contributed by atoms with Crippen molar-refractivity contribution in [2.75, 3.05) is 14.1 Å². The van der Waals surface area contributed by atoms with Crippen LogP contribution in [0.4, 0.5) is 0 Å². The normalized spacial score (nSPS) is 14.0. The van der Waals surface area contributed by atoms with Gasteiger partial charge in [0.05, 0.1) is 14.1 Å². The van der Waals surface area contributed by atoms with Crippen LogP contribution in [0, 0.1) is 0 Å². The first-order valence-corrected chi connectivity index (χ1v) is 3.94. The number of nitrogens with zero attached hydrogens (tertiary/aromatic N) is 3. The lowest BCUT2D eigenvalue weighted by atomic mass is 10.3. The lowest BCUT2D eigenvalue weighted by Crippen LogP contribution is -3.00. The van der Waals surface area contributed by atoms with E-state index in [9.17, 15) is 9.59 Å². The monoisotopic (exact) mass is 219 g/mol. The molecule has 0 aromatic heterocycles. The molecule has 0 bridgehead atoms. The molecule has 0 saturated heterocycles. The molecule has 0 heterocycles. The zero-order valence-electron chi connectivity index (χ0n) is 8.69. The minimum Gasteiger partial charge on any atom is -1.00 e. The average Bonchev–Trinajstić information content (AvgIpc) is 2.05. The lowest BCUT2D eigenvalue weighted by molar-refractivity contribution is -0.933. The lowest BCUT2D eigenvalue weighted by Gasteiger charge is -2.35. The molecule has 6 heteroatoms. The summed E-state index contributed by atoms with van der Waals surface area (Å²) in [4.78, 5) is 27.2. The van der Waals surface area contributed by atoms with Gasteiger partial charge >= 0.3 is 0 Å². The van der Waals surface area contributed by atoms with Crippen LogP contribution in [0.5, 0.6) is 0 Å². The summed E-state index contributed by atoms with van der Waals surface area (Å²) < 4.78 is 0.324. The summed E-state index contributed by atoms with van der Waals surface area (Å²) in [6, 6.07) is 0. The van der Waals surface area contributed by atoms with Gasteiger partial charge in [-0.05, 0) is 0 Å². The summed E-state index contributed by atoms with van der Waals surface area (Å²) in [5.41, 5.74) is 0. The van der Waals surface area contributed by atoms with Gasteiger partial charge < -0.3 is 12.4 Å². The van der Waals surface area contributed by atoms with Crippen LogP contribution in [0.2, 0.25) is 0 Å². The van der Waals surface area contributed by atoms with Crippen molar-refractivity contribution < 1.29 is 26.5 Å². The van der Waals surface area contributed by atoms with Crippen LogP contribution in [-0.4, -0.2) is 43.1 Å². The van der Waals surface area contributed by atoms with Crippen molar-refractivity contribution in [2.45, 2.75) is 26.2 Å². The van der Waals surface area contributed by atoms with E-state index < -0.39 is 0 Å². The maximum Gasteiger partial charge on any atom is 0.240 e. The van der Waals surface area contributed by atoms with Gasteiger partial charge in [-0.3, -0.25) is 4.48 Å². The van der Waals surface area contributed by atoms with Crippen LogP contribution in [0.15, 0.2) is 9.98 Å². The predicted molar refractivity (Wildman–Crippen MR) is 47.3 cm³/mol. The Kier molecular flexibility index (Phi) is 7.15. The molecule has 2 atom stereocenters. The molecule has 0 aromatic carbocycles. The number of rotatable bonds is 4. The molecular formula is C8H14ClN3O2.